The van der Waals surface area contributed by atoms with E-state index >= 15 is 0 Å². The molecule has 19 heavy (non-hydrogen) atoms. The van der Waals surface area contributed by atoms with Gasteiger partial charge >= 0.3 is 5.97 Å². The van der Waals surface area contributed by atoms with Crippen LogP contribution in [-0.2, 0) is 10.0 Å². The third-order valence-electron chi connectivity index (χ3n) is 2.42. The van der Waals surface area contributed by atoms with Crippen LogP contribution in [0.4, 0.5) is 0 Å². The first kappa shape index (κ1) is 15.0. The molecule has 1 rings (SSSR count). The first-order chi connectivity index (χ1) is 8.81. The molecule has 0 aliphatic heterocycles. The van der Waals surface area contributed by atoms with Crippen LogP contribution in [0.1, 0.15) is 23.7 Å². The Morgan fingerprint density at radius 2 is 2.16 bits per heavy atom. The second-order valence-electron chi connectivity index (χ2n) is 3.73. The van der Waals surface area contributed by atoms with Gasteiger partial charge in [-0.05, 0) is 24.6 Å². The van der Waals surface area contributed by atoms with Crippen molar-refractivity contribution in [1.29, 1.82) is 0 Å². The maximum absolute atomic E-state index is 12.0. The van der Waals surface area contributed by atoms with Crippen LogP contribution in [0.5, 0.6) is 5.75 Å². The molecule has 3 N–H and O–H groups in total. The third kappa shape index (κ3) is 3.47. The lowest BCUT2D eigenvalue weighted by Crippen LogP contribution is -2.33. The van der Waals surface area contributed by atoms with Gasteiger partial charge in [0.25, 0.3) is 0 Å². The fourth-order valence-corrected chi connectivity index (χ4v) is 2.61. The minimum absolute atomic E-state index is 0.267. The average molecular weight is 283 g/mol. The van der Waals surface area contributed by atoms with E-state index < -0.39 is 33.3 Å². The first-order valence-electron chi connectivity index (χ1n) is 5.36. The highest BCUT2D eigenvalue weighted by Gasteiger charge is 2.20. The molecule has 0 heterocycles. The minimum atomic E-state index is -3.92. The molecule has 6 nitrogen and oxygen atoms in total. The number of hydrogen-bond donors (Lipinski definition) is 3. The molecule has 0 aromatic heterocycles. The van der Waals surface area contributed by atoms with E-state index in [-0.39, 0.29) is 4.90 Å². The summed E-state index contributed by atoms with van der Waals surface area (Å²) in [6.45, 7) is 1.71. The standard InChI is InChI=1S/C12H13NO5S/c1-3-8(4-2)13-19(17,18)9-5-6-11(14)10(7-9)12(15)16/h1,5-8,13-14H,4H2,2H3,(H,15,16). The fourth-order valence-electron chi connectivity index (χ4n) is 1.34. The summed E-state index contributed by atoms with van der Waals surface area (Å²) < 4.78 is 26.2. The Balaban J connectivity index is 3.20. The Hall–Kier alpha value is -2.04. The molecule has 1 aromatic carbocycles. The Morgan fingerprint density at radius 1 is 1.53 bits per heavy atom. The number of aromatic hydroxyl groups is 1. The third-order valence-corrected chi connectivity index (χ3v) is 3.88. The van der Waals surface area contributed by atoms with Gasteiger partial charge in [-0.1, -0.05) is 12.8 Å². The van der Waals surface area contributed by atoms with Crippen molar-refractivity contribution in [2.75, 3.05) is 0 Å². The van der Waals surface area contributed by atoms with Crippen LogP contribution in [-0.4, -0.2) is 30.6 Å². The summed E-state index contributed by atoms with van der Waals surface area (Å²) >= 11 is 0. The summed E-state index contributed by atoms with van der Waals surface area (Å²) in [6.07, 6.45) is 5.56. The number of benzene rings is 1. The van der Waals surface area contributed by atoms with Crippen LogP contribution in [0.3, 0.4) is 0 Å². The van der Waals surface area contributed by atoms with E-state index in [0.29, 0.717) is 6.42 Å². The molecular weight excluding hydrogens is 270 g/mol. The predicted molar refractivity (Wildman–Crippen MR) is 68.3 cm³/mol. The molecule has 7 heteroatoms. The Labute approximate surface area is 111 Å². The first-order valence-corrected chi connectivity index (χ1v) is 6.85. The van der Waals surface area contributed by atoms with Crippen molar-refractivity contribution in [2.24, 2.45) is 0 Å². The Bertz CT molecular complexity index is 630. The summed E-state index contributed by atoms with van der Waals surface area (Å²) in [5.41, 5.74) is -0.489. The molecule has 0 saturated heterocycles. The lowest BCUT2D eigenvalue weighted by atomic mass is 10.2. The molecule has 0 aliphatic carbocycles. The molecule has 0 spiro atoms. The van der Waals surface area contributed by atoms with Crippen LogP contribution < -0.4 is 4.72 Å². The second-order valence-corrected chi connectivity index (χ2v) is 5.45. The number of aromatic carboxylic acids is 1. The number of phenols is 1. The topological polar surface area (TPSA) is 104 Å². The molecular formula is C12H13NO5S. The van der Waals surface area contributed by atoms with Gasteiger partial charge in [0.15, 0.2) is 0 Å². The number of nitrogens with one attached hydrogen (secondary N) is 1. The monoisotopic (exact) mass is 283 g/mol. The molecule has 0 fully saturated rings. The molecule has 1 atom stereocenters. The number of carboxylic acid groups (broad SMARTS) is 1. The van der Waals surface area contributed by atoms with Crippen molar-refractivity contribution in [3.05, 3.63) is 23.8 Å². The normalized spacial score (nSPS) is 12.6. The van der Waals surface area contributed by atoms with Crippen molar-refractivity contribution < 1.29 is 23.4 Å². The van der Waals surface area contributed by atoms with Crippen LogP contribution in [0, 0.1) is 12.3 Å². The van der Waals surface area contributed by atoms with Gasteiger partial charge in [-0.25, -0.2) is 13.2 Å². The van der Waals surface area contributed by atoms with Gasteiger partial charge in [-0.15, -0.1) is 6.42 Å². The van der Waals surface area contributed by atoms with Crippen LogP contribution >= 0.6 is 0 Å². The van der Waals surface area contributed by atoms with Gasteiger partial charge in [0.1, 0.15) is 11.3 Å². The summed E-state index contributed by atoms with van der Waals surface area (Å²) in [4.78, 5) is 10.6. The van der Waals surface area contributed by atoms with Crippen molar-refractivity contribution >= 4 is 16.0 Å². The van der Waals surface area contributed by atoms with Crippen molar-refractivity contribution in [2.45, 2.75) is 24.3 Å². The number of carbonyl (C=O) groups is 1. The number of hydrogen-bond acceptors (Lipinski definition) is 4. The summed E-state index contributed by atoms with van der Waals surface area (Å²) in [5.74, 6) is 0.348. The minimum Gasteiger partial charge on any atom is -0.507 e. The quantitative estimate of drug-likeness (QED) is 0.693. The highest BCUT2D eigenvalue weighted by atomic mass is 32.2. The lowest BCUT2D eigenvalue weighted by Gasteiger charge is -2.12. The van der Waals surface area contributed by atoms with Gasteiger partial charge in [-0.3, -0.25) is 0 Å². The van der Waals surface area contributed by atoms with Crippen molar-refractivity contribution in [3.63, 3.8) is 0 Å². The van der Waals surface area contributed by atoms with Gasteiger partial charge in [-0.2, -0.15) is 4.72 Å². The van der Waals surface area contributed by atoms with Crippen LogP contribution in [0.25, 0.3) is 0 Å². The lowest BCUT2D eigenvalue weighted by molar-refractivity contribution is 0.0693. The SMILES string of the molecule is C#CC(CC)NS(=O)(=O)c1ccc(O)c(C(=O)O)c1. The summed E-state index contributed by atoms with van der Waals surface area (Å²) in [7, 11) is -3.92. The zero-order chi connectivity index (χ0) is 14.6. The molecule has 0 bridgehead atoms. The van der Waals surface area contributed by atoms with E-state index in [0.717, 1.165) is 18.2 Å². The second kappa shape index (κ2) is 5.73. The van der Waals surface area contributed by atoms with E-state index in [9.17, 15) is 18.3 Å². The molecule has 1 aromatic rings. The average Bonchev–Trinajstić information content (AvgIpc) is 2.35. The van der Waals surface area contributed by atoms with E-state index in [1.54, 1.807) is 6.92 Å². The van der Waals surface area contributed by atoms with Crippen molar-refractivity contribution in [1.82, 2.24) is 4.72 Å². The zero-order valence-electron chi connectivity index (χ0n) is 10.1. The molecule has 1 unspecified atom stereocenters. The maximum atomic E-state index is 12.0. The molecule has 0 aliphatic rings. The number of terminal acetylenes is 1. The Morgan fingerprint density at radius 3 is 2.63 bits per heavy atom. The smallest absolute Gasteiger partial charge is 0.339 e. The van der Waals surface area contributed by atoms with Gasteiger partial charge in [0, 0.05) is 0 Å². The Kier molecular flexibility index (Phi) is 4.53. The summed E-state index contributed by atoms with van der Waals surface area (Å²) in [5, 5.41) is 18.1. The van der Waals surface area contributed by atoms with E-state index in [2.05, 4.69) is 10.6 Å². The fraction of sp³-hybridized carbons (Fsp3) is 0.250. The highest BCUT2D eigenvalue weighted by Crippen LogP contribution is 2.21. The number of carboxylic acids is 1. The van der Waals surface area contributed by atoms with Gasteiger partial charge < -0.3 is 10.2 Å². The van der Waals surface area contributed by atoms with Gasteiger partial charge in [0.05, 0.1) is 10.9 Å². The number of sulfonamides is 1. The van der Waals surface area contributed by atoms with E-state index in [1.165, 1.54) is 0 Å². The zero-order valence-corrected chi connectivity index (χ0v) is 10.9. The van der Waals surface area contributed by atoms with E-state index in [1.807, 2.05) is 0 Å². The van der Waals surface area contributed by atoms with E-state index in [4.69, 9.17) is 11.5 Å². The van der Waals surface area contributed by atoms with Crippen LogP contribution in [0.15, 0.2) is 23.1 Å². The van der Waals surface area contributed by atoms with Crippen LogP contribution in [0.2, 0.25) is 0 Å². The molecule has 0 saturated carbocycles. The molecule has 102 valence electrons. The van der Waals surface area contributed by atoms with Gasteiger partial charge in [0.2, 0.25) is 10.0 Å². The van der Waals surface area contributed by atoms with Crippen molar-refractivity contribution in [3.8, 4) is 18.1 Å². The predicted octanol–water partition coefficient (Wildman–Crippen LogP) is 0.781. The largest absolute Gasteiger partial charge is 0.507 e. The molecule has 0 amide bonds. The maximum Gasteiger partial charge on any atom is 0.339 e. The summed E-state index contributed by atoms with van der Waals surface area (Å²) in [6, 6.07) is 2.32. The number of rotatable bonds is 5. The molecule has 0 radical (unpaired) electrons. The highest BCUT2D eigenvalue weighted by molar-refractivity contribution is 7.89.